The highest BCUT2D eigenvalue weighted by Crippen LogP contribution is 2.33. The molecular formula is C7H12FNO. The van der Waals surface area contributed by atoms with Crippen molar-refractivity contribution < 1.29 is 9.18 Å². The van der Waals surface area contributed by atoms with Crippen LogP contribution in [0, 0.1) is 5.92 Å². The molecule has 0 radical (unpaired) electrons. The maximum absolute atomic E-state index is 12.2. The normalized spacial score (nSPS) is 30.4. The van der Waals surface area contributed by atoms with Crippen LogP contribution >= 0.6 is 0 Å². The van der Waals surface area contributed by atoms with E-state index in [9.17, 15) is 9.18 Å². The molecule has 0 unspecified atom stereocenters. The number of rotatable bonds is 2. The largest absolute Gasteiger partial charge is 0.354 e. The predicted molar refractivity (Wildman–Crippen MR) is 36.3 cm³/mol. The first-order valence-corrected chi connectivity index (χ1v) is 3.55. The molecule has 1 saturated carbocycles. The zero-order valence-electron chi connectivity index (χ0n) is 6.23. The lowest BCUT2D eigenvalue weighted by molar-refractivity contribution is -0.123. The lowest BCUT2D eigenvalue weighted by atomic mass is 10.3. The predicted octanol–water partition coefficient (Wildman–Crippen LogP) is 0.869. The van der Waals surface area contributed by atoms with Crippen LogP contribution in [0.3, 0.4) is 0 Å². The summed E-state index contributed by atoms with van der Waals surface area (Å²) < 4.78 is 12.2. The number of hydrogen-bond acceptors (Lipinski definition) is 1. The number of carbonyl (C=O) groups excluding carboxylic acids is 1. The Hall–Kier alpha value is -0.600. The zero-order chi connectivity index (χ0) is 7.72. The minimum Gasteiger partial charge on any atom is -0.354 e. The van der Waals surface area contributed by atoms with E-state index in [1.165, 1.54) is 0 Å². The van der Waals surface area contributed by atoms with Crippen LogP contribution in [-0.2, 0) is 4.79 Å². The van der Waals surface area contributed by atoms with E-state index in [2.05, 4.69) is 5.32 Å². The van der Waals surface area contributed by atoms with Crippen LogP contribution in [0.1, 0.15) is 20.3 Å². The van der Waals surface area contributed by atoms with Crippen molar-refractivity contribution in [2.75, 3.05) is 0 Å². The summed E-state index contributed by atoms with van der Waals surface area (Å²) >= 11 is 0. The summed E-state index contributed by atoms with van der Waals surface area (Å²) in [5.41, 5.74) is 0. The summed E-state index contributed by atoms with van der Waals surface area (Å²) in [4.78, 5) is 10.9. The van der Waals surface area contributed by atoms with E-state index >= 15 is 0 Å². The van der Waals surface area contributed by atoms with Crippen LogP contribution in [-0.4, -0.2) is 18.1 Å². The van der Waals surface area contributed by atoms with E-state index in [-0.39, 0.29) is 17.9 Å². The van der Waals surface area contributed by atoms with Crippen LogP contribution in [0.5, 0.6) is 0 Å². The van der Waals surface area contributed by atoms with E-state index in [4.69, 9.17) is 0 Å². The number of halogens is 1. The van der Waals surface area contributed by atoms with Gasteiger partial charge in [0.1, 0.15) is 6.17 Å². The Labute approximate surface area is 59.8 Å². The quantitative estimate of drug-likeness (QED) is 0.613. The molecule has 3 heteroatoms. The molecule has 0 heterocycles. The minimum absolute atomic E-state index is 0.125. The van der Waals surface area contributed by atoms with Gasteiger partial charge in [-0.2, -0.15) is 0 Å². The second-order valence-corrected chi connectivity index (χ2v) is 3.02. The lowest BCUT2D eigenvalue weighted by Gasteiger charge is -2.05. The van der Waals surface area contributed by atoms with Gasteiger partial charge in [0.2, 0.25) is 5.91 Å². The Morgan fingerprint density at radius 3 is 2.50 bits per heavy atom. The molecule has 1 aliphatic carbocycles. The Morgan fingerprint density at radius 1 is 1.70 bits per heavy atom. The molecule has 1 fully saturated rings. The third-order valence-corrected chi connectivity index (χ3v) is 1.48. The van der Waals surface area contributed by atoms with E-state index in [0.717, 1.165) is 0 Å². The molecule has 58 valence electrons. The number of nitrogens with one attached hydrogen (secondary N) is 1. The molecule has 2 nitrogen and oxygen atoms in total. The van der Waals surface area contributed by atoms with E-state index < -0.39 is 6.17 Å². The monoisotopic (exact) mass is 145 g/mol. The Kier molecular flexibility index (Phi) is 1.92. The van der Waals surface area contributed by atoms with Gasteiger partial charge in [0.15, 0.2) is 0 Å². The van der Waals surface area contributed by atoms with Crippen LogP contribution in [0.4, 0.5) is 4.39 Å². The van der Waals surface area contributed by atoms with Gasteiger partial charge in [-0.1, -0.05) is 0 Å². The Bertz CT molecular complexity index is 147. The smallest absolute Gasteiger partial charge is 0.226 e. The molecule has 10 heavy (non-hydrogen) atoms. The summed E-state index contributed by atoms with van der Waals surface area (Å²) in [5, 5.41) is 2.66. The van der Waals surface area contributed by atoms with Crippen molar-refractivity contribution in [1.29, 1.82) is 0 Å². The third kappa shape index (κ3) is 1.69. The van der Waals surface area contributed by atoms with Gasteiger partial charge < -0.3 is 5.32 Å². The molecule has 0 aromatic carbocycles. The number of carbonyl (C=O) groups is 1. The van der Waals surface area contributed by atoms with E-state index in [0.29, 0.717) is 6.42 Å². The molecule has 0 aliphatic heterocycles. The van der Waals surface area contributed by atoms with Gasteiger partial charge in [-0.25, -0.2) is 4.39 Å². The number of amides is 1. The van der Waals surface area contributed by atoms with Crippen molar-refractivity contribution in [3.8, 4) is 0 Å². The van der Waals surface area contributed by atoms with Crippen LogP contribution < -0.4 is 5.32 Å². The highest BCUT2D eigenvalue weighted by Gasteiger charge is 2.43. The van der Waals surface area contributed by atoms with Gasteiger partial charge in [-0.3, -0.25) is 4.79 Å². The fourth-order valence-electron chi connectivity index (χ4n) is 0.827. The highest BCUT2D eigenvalue weighted by atomic mass is 19.1. The molecule has 0 aromatic heterocycles. The molecule has 1 rings (SSSR count). The molecule has 2 atom stereocenters. The van der Waals surface area contributed by atoms with Crippen molar-refractivity contribution in [3.05, 3.63) is 0 Å². The maximum Gasteiger partial charge on any atom is 0.226 e. The van der Waals surface area contributed by atoms with Crippen LogP contribution in [0.25, 0.3) is 0 Å². The fourth-order valence-corrected chi connectivity index (χ4v) is 0.827. The molecule has 1 aliphatic rings. The molecule has 0 bridgehead atoms. The molecule has 0 spiro atoms. The van der Waals surface area contributed by atoms with Crippen molar-refractivity contribution in [2.45, 2.75) is 32.5 Å². The van der Waals surface area contributed by atoms with Crippen LogP contribution in [0.15, 0.2) is 0 Å². The summed E-state index contributed by atoms with van der Waals surface area (Å²) in [5.74, 6) is -0.482. The molecule has 0 saturated heterocycles. The highest BCUT2D eigenvalue weighted by molar-refractivity contribution is 5.82. The summed E-state index contributed by atoms with van der Waals surface area (Å²) in [7, 11) is 0. The first-order valence-electron chi connectivity index (χ1n) is 3.55. The number of hydrogen-bond donors (Lipinski definition) is 1. The van der Waals surface area contributed by atoms with Crippen molar-refractivity contribution in [2.24, 2.45) is 5.92 Å². The first kappa shape index (κ1) is 7.51. The molecule has 0 aromatic rings. The average Bonchev–Trinajstić information content (AvgIpc) is 2.44. The van der Waals surface area contributed by atoms with Crippen molar-refractivity contribution >= 4 is 5.91 Å². The van der Waals surface area contributed by atoms with E-state index in [1.807, 2.05) is 13.8 Å². The standard InChI is InChI=1S/C7H12FNO/c1-4(2)9-7(10)5-3-6(5)8/h4-6H,3H2,1-2H3,(H,9,10)/t5-,6-/m1/s1. The third-order valence-electron chi connectivity index (χ3n) is 1.48. The molecule has 1 amide bonds. The van der Waals surface area contributed by atoms with Crippen molar-refractivity contribution in [1.82, 2.24) is 5.32 Å². The van der Waals surface area contributed by atoms with Gasteiger partial charge in [0, 0.05) is 6.04 Å². The zero-order valence-corrected chi connectivity index (χ0v) is 6.23. The summed E-state index contributed by atoms with van der Waals surface area (Å²) in [6, 6.07) is 0.125. The average molecular weight is 145 g/mol. The van der Waals surface area contributed by atoms with Crippen molar-refractivity contribution in [3.63, 3.8) is 0 Å². The number of alkyl halides is 1. The second-order valence-electron chi connectivity index (χ2n) is 3.02. The maximum atomic E-state index is 12.2. The van der Waals surface area contributed by atoms with Gasteiger partial charge in [-0.15, -0.1) is 0 Å². The summed E-state index contributed by atoms with van der Waals surface area (Å²) in [6.45, 7) is 3.74. The lowest BCUT2D eigenvalue weighted by Crippen LogP contribution is -2.31. The fraction of sp³-hybridized carbons (Fsp3) is 0.857. The van der Waals surface area contributed by atoms with Gasteiger partial charge in [0.05, 0.1) is 5.92 Å². The van der Waals surface area contributed by atoms with Gasteiger partial charge >= 0.3 is 0 Å². The first-order chi connectivity index (χ1) is 4.61. The van der Waals surface area contributed by atoms with Gasteiger partial charge in [0.25, 0.3) is 0 Å². The molecule has 1 N–H and O–H groups in total. The van der Waals surface area contributed by atoms with Gasteiger partial charge in [-0.05, 0) is 20.3 Å². The second kappa shape index (κ2) is 2.56. The Balaban J connectivity index is 2.23. The SMILES string of the molecule is CC(C)NC(=O)[C@@H]1C[C@H]1F. The minimum atomic E-state index is -0.876. The molecular weight excluding hydrogens is 133 g/mol. The Morgan fingerprint density at radius 2 is 2.20 bits per heavy atom. The summed E-state index contributed by atoms with van der Waals surface area (Å²) in [6.07, 6.45) is -0.461. The van der Waals surface area contributed by atoms with E-state index in [1.54, 1.807) is 0 Å². The van der Waals surface area contributed by atoms with Crippen LogP contribution in [0.2, 0.25) is 0 Å². The topological polar surface area (TPSA) is 29.1 Å².